The lowest BCUT2D eigenvalue weighted by molar-refractivity contribution is -0.138. The zero-order valence-corrected chi connectivity index (χ0v) is 14.5. The lowest BCUT2D eigenvalue weighted by Gasteiger charge is -2.20. The van der Waals surface area contributed by atoms with E-state index in [1.807, 2.05) is 0 Å². The molecule has 0 aromatic carbocycles. The van der Waals surface area contributed by atoms with E-state index in [0.717, 1.165) is 6.42 Å². The Labute approximate surface area is 133 Å². The van der Waals surface area contributed by atoms with E-state index in [2.05, 4.69) is 19.2 Å². The second-order valence-electron chi connectivity index (χ2n) is 6.94. The highest BCUT2D eigenvalue weighted by molar-refractivity contribution is 5.68. The lowest BCUT2D eigenvalue weighted by Crippen LogP contribution is -2.34. The molecule has 0 aliphatic rings. The number of amides is 1. The number of hydrogen-bond acceptors (Lipinski definition) is 4. The average molecular weight is 317 g/mol. The molecule has 0 aliphatic carbocycles. The summed E-state index contributed by atoms with van der Waals surface area (Å²) in [7, 11) is 0. The molecule has 0 aromatic heterocycles. The van der Waals surface area contributed by atoms with E-state index in [9.17, 15) is 9.59 Å². The second kappa shape index (κ2) is 10.4. The molecule has 1 atom stereocenters. The highest BCUT2D eigenvalue weighted by atomic mass is 16.6. The van der Waals surface area contributed by atoms with Crippen LogP contribution in [0.3, 0.4) is 0 Å². The van der Waals surface area contributed by atoms with Crippen molar-refractivity contribution < 1.29 is 24.2 Å². The molecular formula is C16H31NO5. The Balaban J connectivity index is 4.03. The molecule has 1 unspecified atom stereocenters. The molecule has 0 fully saturated rings. The maximum absolute atomic E-state index is 11.5. The first-order valence-electron chi connectivity index (χ1n) is 7.86. The van der Waals surface area contributed by atoms with E-state index in [0.29, 0.717) is 32.1 Å². The minimum Gasteiger partial charge on any atom is -0.481 e. The fourth-order valence-electron chi connectivity index (χ4n) is 1.75. The van der Waals surface area contributed by atoms with Gasteiger partial charge in [-0.05, 0) is 45.4 Å². The number of carbonyl (C=O) groups excluding carboxylic acids is 1. The molecule has 6 nitrogen and oxygen atoms in total. The van der Waals surface area contributed by atoms with Gasteiger partial charge in [-0.25, -0.2) is 4.79 Å². The van der Waals surface area contributed by atoms with Crippen LogP contribution < -0.4 is 5.32 Å². The zero-order chi connectivity index (χ0) is 17.2. The fourth-order valence-corrected chi connectivity index (χ4v) is 1.75. The third-order valence-corrected chi connectivity index (χ3v) is 2.88. The average Bonchev–Trinajstić information content (AvgIpc) is 2.30. The monoisotopic (exact) mass is 317 g/mol. The minimum absolute atomic E-state index is 0.0394. The molecule has 130 valence electrons. The molecule has 6 heteroatoms. The van der Waals surface area contributed by atoms with Gasteiger partial charge in [0.15, 0.2) is 0 Å². The van der Waals surface area contributed by atoms with Crippen LogP contribution in [-0.4, -0.2) is 42.5 Å². The highest BCUT2D eigenvalue weighted by Gasteiger charge is 2.17. The van der Waals surface area contributed by atoms with Crippen LogP contribution >= 0.6 is 0 Å². The Bertz CT molecular complexity index is 336. The normalized spacial score (nSPS) is 13.0. The van der Waals surface area contributed by atoms with Gasteiger partial charge in [0.2, 0.25) is 0 Å². The number of rotatable bonds is 10. The summed E-state index contributed by atoms with van der Waals surface area (Å²) in [5.41, 5.74) is -0.537. The third-order valence-electron chi connectivity index (χ3n) is 2.88. The van der Waals surface area contributed by atoms with Crippen LogP contribution in [0, 0.1) is 11.8 Å². The Hall–Kier alpha value is -1.30. The van der Waals surface area contributed by atoms with Crippen molar-refractivity contribution in [1.29, 1.82) is 0 Å². The van der Waals surface area contributed by atoms with E-state index in [4.69, 9.17) is 14.6 Å². The van der Waals surface area contributed by atoms with Crippen LogP contribution in [0.4, 0.5) is 4.79 Å². The number of carbonyl (C=O) groups is 2. The maximum atomic E-state index is 11.5. The fraction of sp³-hybridized carbons (Fsp3) is 0.875. The first kappa shape index (κ1) is 20.7. The van der Waals surface area contributed by atoms with Crippen molar-refractivity contribution in [2.75, 3.05) is 19.8 Å². The zero-order valence-electron chi connectivity index (χ0n) is 14.5. The summed E-state index contributed by atoms with van der Waals surface area (Å²) in [5.74, 6) is -0.402. The number of hydrogen-bond donors (Lipinski definition) is 2. The molecule has 2 N–H and O–H groups in total. The van der Waals surface area contributed by atoms with Crippen molar-refractivity contribution in [3.8, 4) is 0 Å². The van der Waals surface area contributed by atoms with E-state index in [1.165, 1.54) is 0 Å². The summed E-state index contributed by atoms with van der Waals surface area (Å²) >= 11 is 0. The highest BCUT2D eigenvalue weighted by Crippen LogP contribution is 2.11. The van der Waals surface area contributed by atoms with Gasteiger partial charge < -0.3 is 19.9 Å². The van der Waals surface area contributed by atoms with Gasteiger partial charge in [-0.15, -0.1) is 0 Å². The quantitative estimate of drug-likeness (QED) is 0.605. The molecular weight excluding hydrogens is 286 g/mol. The molecule has 0 radical (unpaired) electrons. The predicted molar refractivity (Wildman–Crippen MR) is 84.9 cm³/mol. The Kier molecular flexibility index (Phi) is 9.81. The summed E-state index contributed by atoms with van der Waals surface area (Å²) in [6, 6.07) is 0. The molecule has 0 heterocycles. The number of ether oxygens (including phenoxy) is 2. The number of alkyl carbamates (subject to hydrolysis) is 1. The SMILES string of the molecule is CC(C)CCOCC(CCNC(=O)OC(C)(C)C)CC(=O)O. The third kappa shape index (κ3) is 13.7. The number of aliphatic carboxylic acids is 1. The first-order valence-corrected chi connectivity index (χ1v) is 7.86. The number of carboxylic acids is 1. The van der Waals surface area contributed by atoms with Gasteiger partial charge in [0.1, 0.15) is 5.60 Å². The van der Waals surface area contributed by atoms with E-state index < -0.39 is 17.7 Å². The predicted octanol–water partition coefficient (Wildman–Crippen LogP) is 3.05. The van der Waals surface area contributed by atoms with Crippen molar-refractivity contribution in [2.24, 2.45) is 11.8 Å². The van der Waals surface area contributed by atoms with Gasteiger partial charge in [-0.2, -0.15) is 0 Å². The van der Waals surface area contributed by atoms with Gasteiger partial charge in [0, 0.05) is 13.2 Å². The lowest BCUT2D eigenvalue weighted by atomic mass is 10.0. The molecule has 0 bridgehead atoms. The molecule has 0 aromatic rings. The molecule has 0 spiro atoms. The molecule has 0 saturated carbocycles. The van der Waals surface area contributed by atoms with Crippen LogP contribution in [0.25, 0.3) is 0 Å². The van der Waals surface area contributed by atoms with Crippen LogP contribution in [0.15, 0.2) is 0 Å². The Morgan fingerprint density at radius 1 is 1.18 bits per heavy atom. The summed E-state index contributed by atoms with van der Waals surface area (Å²) < 4.78 is 10.7. The van der Waals surface area contributed by atoms with Crippen LogP contribution in [-0.2, 0) is 14.3 Å². The van der Waals surface area contributed by atoms with E-state index >= 15 is 0 Å². The molecule has 0 saturated heterocycles. The largest absolute Gasteiger partial charge is 0.481 e. The molecule has 0 rings (SSSR count). The van der Waals surface area contributed by atoms with Crippen LogP contribution in [0.5, 0.6) is 0 Å². The van der Waals surface area contributed by atoms with Crippen LogP contribution in [0.1, 0.15) is 53.9 Å². The summed E-state index contributed by atoms with van der Waals surface area (Å²) in [6.45, 7) is 11.0. The first-order chi connectivity index (χ1) is 10.1. The standard InChI is InChI=1S/C16H31NO5/c1-12(2)7-9-21-11-13(10-14(18)19)6-8-17-15(20)22-16(3,4)5/h12-13H,6-11H2,1-5H3,(H,17,20)(H,18,19). The van der Waals surface area contributed by atoms with Gasteiger partial charge in [-0.1, -0.05) is 13.8 Å². The Morgan fingerprint density at radius 2 is 1.82 bits per heavy atom. The molecule has 1 amide bonds. The van der Waals surface area contributed by atoms with Crippen molar-refractivity contribution >= 4 is 12.1 Å². The maximum Gasteiger partial charge on any atom is 0.407 e. The summed E-state index contributed by atoms with van der Waals surface area (Å²) in [5, 5.41) is 11.6. The van der Waals surface area contributed by atoms with Crippen molar-refractivity contribution in [2.45, 2.75) is 59.5 Å². The van der Waals surface area contributed by atoms with Crippen molar-refractivity contribution in [3.05, 3.63) is 0 Å². The summed E-state index contributed by atoms with van der Waals surface area (Å²) in [4.78, 5) is 22.4. The van der Waals surface area contributed by atoms with Crippen molar-refractivity contribution in [3.63, 3.8) is 0 Å². The number of nitrogens with one attached hydrogen (secondary N) is 1. The topological polar surface area (TPSA) is 84.9 Å². The van der Waals surface area contributed by atoms with E-state index in [-0.39, 0.29) is 12.3 Å². The van der Waals surface area contributed by atoms with E-state index in [1.54, 1.807) is 20.8 Å². The van der Waals surface area contributed by atoms with Gasteiger partial charge in [0.25, 0.3) is 0 Å². The van der Waals surface area contributed by atoms with Gasteiger partial charge in [0.05, 0.1) is 13.0 Å². The summed E-state index contributed by atoms with van der Waals surface area (Å²) in [6.07, 6.45) is 1.06. The van der Waals surface area contributed by atoms with Gasteiger partial charge in [-0.3, -0.25) is 4.79 Å². The Morgan fingerprint density at radius 3 is 2.32 bits per heavy atom. The minimum atomic E-state index is -0.852. The van der Waals surface area contributed by atoms with Crippen LogP contribution in [0.2, 0.25) is 0 Å². The van der Waals surface area contributed by atoms with Gasteiger partial charge >= 0.3 is 12.1 Å². The smallest absolute Gasteiger partial charge is 0.407 e. The molecule has 22 heavy (non-hydrogen) atoms. The molecule has 0 aliphatic heterocycles. The number of carboxylic acid groups (broad SMARTS) is 1. The van der Waals surface area contributed by atoms with Crippen molar-refractivity contribution in [1.82, 2.24) is 5.32 Å². The second-order valence-corrected chi connectivity index (χ2v) is 6.94.